The Kier molecular flexibility index (Phi) is 5.98. The highest BCUT2D eigenvalue weighted by Gasteiger charge is 2.32. The number of fused-ring (bicyclic) bond motifs is 1. The Hall–Kier alpha value is -3.79. The smallest absolute Gasteiger partial charge is 0.323 e. The fraction of sp³-hybridized carbons (Fsp3) is 0.320. The lowest BCUT2D eigenvalue weighted by atomic mass is 9.98. The van der Waals surface area contributed by atoms with Crippen molar-refractivity contribution < 1.29 is 18.3 Å². The van der Waals surface area contributed by atoms with E-state index in [1.54, 1.807) is 11.1 Å². The standard InChI is InChI=1S/C25H26F2N6O2/c1-3-4-14(2)22-18(26)6-5-17(23(22)27)20-8-7-19(28)24(30-20)31-25(34)32-10-15-9-29-33(21(15)11-32)16-12-35-13-16/h5-9,16H,2-4,10-13,28H2,1H3,(H,30,31,34). The van der Waals surface area contributed by atoms with Crippen LogP contribution in [0.15, 0.2) is 37.0 Å². The molecule has 1 saturated heterocycles. The molecular weight excluding hydrogens is 454 g/mol. The second-order valence-electron chi connectivity index (χ2n) is 8.81. The number of hydrogen-bond acceptors (Lipinski definition) is 5. The highest BCUT2D eigenvalue weighted by molar-refractivity contribution is 5.92. The summed E-state index contributed by atoms with van der Waals surface area (Å²) in [7, 11) is 0. The predicted molar refractivity (Wildman–Crippen MR) is 128 cm³/mol. The van der Waals surface area contributed by atoms with Gasteiger partial charge in [-0.1, -0.05) is 19.9 Å². The molecule has 2 aliphatic rings. The van der Waals surface area contributed by atoms with Crippen molar-refractivity contribution in [1.29, 1.82) is 0 Å². The van der Waals surface area contributed by atoms with Crippen molar-refractivity contribution >= 4 is 23.1 Å². The van der Waals surface area contributed by atoms with E-state index in [1.807, 2.05) is 11.6 Å². The third-order valence-corrected chi connectivity index (χ3v) is 6.36. The van der Waals surface area contributed by atoms with Crippen LogP contribution in [0.3, 0.4) is 0 Å². The van der Waals surface area contributed by atoms with Gasteiger partial charge in [-0.25, -0.2) is 18.6 Å². The quantitative estimate of drug-likeness (QED) is 0.531. The van der Waals surface area contributed by atoms with Gasteiger partial charge in [0.1, 0.15) is 11.6 Å². The average Bonchev–Trinajstić information content (AvgIpc) is 3.37. The van der Waals surface area contributed by atoms with Gasteiger partial charge in [-0.3, -0.25) is 10.00 Å². The Balaban J connectivity index is 1.37. The lowest BCUT2D eigenvalue weighted by molar-refractivity contribution is -0.0300. The first-order chi connectivity index (χ1) is 16.9. The van der Waals surface area contributed by atoms with Gasteiger partial charge < -0.3 is 15.4 Å². The molecule has 0 bridgehead atoms. The number of nitrogens with zero attached hydrogens (tertiary/aromatic N) is 4. The van der Waals surface area contributed by atoms with E-state index in [0.717, 1.165) is 11.3 Å². The summed E-state index contributed by atoms with van der Waals surface area (Å²) in [5.41, 5.74) is 8.82. The number of amides is 2. The zero-order valence-electron chi connectivity index (χ0n) is 19.4. The third kappa shape index (κ3) is 4.14. The minimum Gasteiger partial charge on any atom is -0.396 e. The molecule has 0 unspecified atom stereocenters. The summed E-state index contributed by atoms with van der Waals surface area (Å²) in [4.78, 5) is 19.0. The highest BCUT2D eigenvalue weighted by Crippen LogP contribution is 2.33. The molecule has 2 aromatic heterocycles. The van der Waals surface area contributed by atoms with E-state index in [0.29, 0.717) is 44.7 Å². The number of ether oxygens (including phenoxy) is 1. The number of urea groups is 1. The summed E-state index contributed by atoms with van der Waals surface area (Å²) in [5, 5.41) is 7.15. The van der Waals surface area contributed by atoms with E-state index in [1.165, 1.54) is 24.3 Å². The maximum atomic E-state index is 15.3. The first-order valence-corrected chi connectivity index (χ1v) is 11.5. The second kappa shape index (κ2) is 9.10. The fourth-order valence-corrected chi connectivity index (χ4v) is 4.40. The number of nitrogens with one attached hydrogen (secondary N) is 1. The van der Waals surface area contributed by atoms with Crippen molar-refractivity contribution in [2.24, 2.45) is 0 Å². The van der Waals surface area contributed by atoms with Crippen molar-refractivity contribution in [2.45, 2.75) is 38.9 Å². The van der Waals surface area contributed by atoms with Gasteiger partial charge in [0.15, 0.2) is 5.82 Å². The molecule has 8 nitrogen and oxygen atoms in total. The van der Waals surface area contributed by atoms with E-state index in [-0.39, 0.29) is 40.4 Å². The summed E-state index contributed by atoms with van der Waals surface area (Å²) >= 11 is 0. The summed E-state index contributed by atoms with van der Waals surface area (Å²) in [5.74, 6) is -1.30. The highest BCUT2D eigenvalue weighted by atomic mass is 19.1. The summed E-state index contributed by atoms with van der Waals surface area (Å²) < 4.78 is 36.9. The van der Waals surface area contributed by atoms with Crippen LogP contribution in [0.4, 0.5) is 25.1 Å². The number of carbonyl (C=O) groups excluding carboxylic acids is 1. The molecule has 35 heavy (non-hydrogen) atoms. The first-order valence-electron chi connectivity index (χ1n) is 11.5. The van der Waals surface area contributed by atoms with Gasteiger partial charge >= 0.3 is 6.03 Å². The molecule has 3 aromatic rings. The van der Waals surface area contributed by atoms with Crippen LogP contribution < -0.4 is 11.1 Å². The summed E-state index contributed by atoms with van der Waals surface area (Å²) in [6.07, 6.45) is 2.96. The predicted octanol–water partition coefficient (Wildman–Crippen LogP) is 4.74. The van der Waals surface area contributed by atoms with Crippen LogP contribution in [0.2, 0.25) is 0 Å². The van der Waals surface area contributed by atoms with Crippen molar-refractivity contribution in [3.05, 3.63) is 65.5 Å². The molecule has 2 amide bonds. The number of nitrogen functional groups attached to an aromatic ring is 1. The Morgan fingerprint density at radius 2 is 2.06 bits per heavy atom. The monoisotopic (exact) mass is 480 g/mol. The first kappa shape index (κ1) is 23.0. The summed E-state index contributed by atoms with van der Waals surface area (Å²) in [6.45, 7) is 7.77. The van der Waals surface area contributed by atoms with E-state index in [4.69, 9.17) is 10.5 Å². The van der Waals surface area contributed by atoms with E-state index < -0.39 is 11.6 Å². The zero-order chi connectivity index (χ0) is 24.7. The minimum atomic E-state index is -0.738. The molecule has 182 valence electrons. The van der Waals surface area contributed by atoms with Crippen LogP contribution in [-0.4, -0.2) is 38.9 Å². The van der Waals surface area contributed by atoms with Gasteiger partial charge in [0.05, 0.1) is 55.6 Å². The maximum Gasteiger partial charge on any atom is 0.323 e. The van der Waals surface area contributed by atoms with Crippen molar-refractivity contribution in [3.63, 3.8) is 0 Å². The largest absolute Gasteiger partial charge is 0.396 e. The minimum absolute atomic E-state index is 0.102. The van der Waals surface area contributed by atoms with Crippen molar-refractivity contribution in [1.82, 2.24) is 19.7 Å². The van der Waals surface area contributed by atoms with Gasteiger partial charge in [0.25, 0.3) is 0 Å². The number of anilines is 2. The van der Waals surface area contributed by atoms with Crippen molar-refractivity contribution in [2.75, 3.05) is 24.3 Å². The van der Waals surface area contributed by atoms with Crippen LogP contribution in [0.1, 0.15) is 42.6 Å². The van der Waals surface area contributed by atoms with Gasteiger partial charge in [-0.2, -0.15) is 5.10 Å². The third-order valence-electron chi connectivity index (χ3n) is 6.36. The lowest BCUT2D eigenvalue weighted by Gasteiger charge is -2.28. The molecule has 0 radical (unpaired) electrons. The van der Waals surface area contributed by atoms with Crippen LogP contribution in [0, 0.1) is 11.6 Å². The molecule has 1 aromatic carbocycles. The molecule has 0 spiro atoms. The van der Waals surface area contributed by atoms with Gasteiger partial charge in [-0.05, 0) is 36.3 Å². The average molecular weight is 481 g/mol. The number of benzene rings is 1. The zero-order valence-corrected chi connectivity index (χ0v) is 19.4. The molecule has 0 atom stereocenters. The number of halogens is 2. The normalized spacial score (nSPS) is 15.1. The molecule has 0 saturated carbocycles. The molecule has 3 N–H and O–H groups in total. The number of nitrogens with two attached hydrogens (primary N) is 1. The van der Waals surface area contributed by atoms with Crippen LogP contribution in [-0.2, 0) is 17.8 Å². The van der Waals surface area contributed by atoms with E-state index in [2.05, 4.69) is 22.0 Å². The lowest BCUT2D eigenvalue weighted by Crippen LogP contribution is -2.34. The van der Waals surface area contributed by atoms with E-state index >= 15 is 4.39 Å². The van der Waals surface area contributed by atoms with Crippen LogP contribution in [0.25, 0.3) is 16.8 Å². The van der Waals surface area contributed by atoms with E-state index in [9.17, 15) is 9.18 Å². The second-order valence-corrected chi connectivity index (χ2v) is 8.81. The number of rotatable bonds is 6. The molecule has 1 fully saturated rings. The molecule has 2 aliphatic heterocycles. The Labute approximate surface area is 201 Å². The molecular formula is C25H26F2N6O2. The fourth-order valence-electron chi connectivity index (χ4n) is 4.40. The number of carbonyl (C=O) groups is 1. The number of pyridine rings is 1. The number of hydrogen-bond donors (Lipinski definition) is 2. The Bertz CT molecular complexity index is 1320. The van der Waals surface area contributed by atoms with Crippen molar-refractivity contribution in [3.8, 4) is 11.3 Å². The maximum absolute atomic E-state index is 15.3. The molecule has 4 heterocycles. The topological polar surface area (TPSA) is 98.3 Å². The number of allylic oxidation sites excluding steroid dienone is 1. The SMILES string of the molecule is C=C(CCC)c1c(F)ccc(-c2ccc(N)c(NC(=O)N3Cc4cnn(C5COC5)c4C3)n2)c1F. The van der Waals surface area contributed by atoms with Gasteiger partial charge in [0, 0.05) is 16.7 Å². The van der Waals surface area contributed by atoms with Gasteiger partial charge in [0.2, 0.25) is 0 Å². The Morgan fingerprint density at radius 3 is 2.77 bits per heavy atom. The molecule has 10 heteroatoms. The van der Waals surface area contributed by atoms with Gasteiger partial charge in [-0.15, -0.1) is 0 Å². The molecule has 0 aliphatic carbocycles. The summed E-state index contributed by atoms with van der Waals surface area (Å²) in [6, 6.07) is 5.40. The van der Waals surface area contributed by atoms with Crippen LogP contribution in [0.5, 0.6) is 0 Å². The molecule has 5 rings (SSSR count). The number of aromatic nitrogens is 3. The van der Waals surface area contributed by atoms with Crippen LogP contribution >= 0.6 is 0 Å². The Morgan fingerprint density at radius 1 is 1.26 bits per heavy atom.